The van der Waals surface area contributed by atoms with Crippen LogP contribution in [-0.4, -0.2) is 59.0 Å². The Morgan fingerprint density at radius 2 is 1.76 bits per heavy atom. The summed E-state index contributed by atoms with van der Waals surface area (Å²) in [7, 11) is 0. The van der Waals surface area contributed by atoms with E-state index in [1.54, 1.807) is 0 Å². The van der Waals surface area contributed by atoms with Crippen molar-refractivity contribution in [2.45, 2.75) is 6.04 Å². The van der Waals surface area contributed by atoms with Crippen molar-refractivity contribution in [1.29, 1.82) is 0 Å². The fourth-order valence-electron chi connectivity index (χ4n) is 4.09. The van der Waals surface area contributed by atoms with Crippen LogP contribution in [0, 0.1) is 0 Å². The first kappa shape index (κ1) is 20.4. The molecule has 2 aromatic carbocycles. The number of ether oxygens (including phenoxy) is 2. The maximum Gasteiger partial charge on any atom is 0.228 e. The molecule has 0 atom stereocenters. The minimum Gasteiger partial charge on any atom is -0.378 e. The van der Waals surface area contributed by atoms with Gasteiger partial charge in [0.15, 0.2) is 0 Å². The predicted octanol–water partition coefficient (Wildman–Crippen LogP) is 4.30. The number of benzene rings is 2. The Labute approximate surface area is 196 Å². The van der Waals surface area contributed by atoms with Gasteiger partial charge in [0.1, 0.15) is 5.82 Å². The number of imidazole rings is 1. The van der Waals surface area contributed by atoms with Crippen LogP contribution in [0.15, 0.2) is 54.9 Å². The molecule has 33 heavy (non-hydrogen) atoms. The number of halogens is 1. The lowest BCUT2D eigenvalue weighted by atomic mass is 10.1. The fraction of sp³-hybridized carbons (Fsp3) is 0.292. The van der Waals surface area contributed by atoms with Gasteiger partial charge in [0, 0.05) is 35.4 Å². The van der Waals surface area contributed by atoms with Gasteiger partial charge in [-0.2, -0.15) is 4.98 Å². The maximum atomic E-state index is 6.05. The van der Waals surface area contributed by atoms with Crippen molar-refractivity contribution >= 4 is 40.1 Å². The number of rotatable bonds is 5. The standard InChI is InChI=1S/C24H23ClN6O2/c25-17-2-4-18(5-3-17)27-23-12-21(28-24(29-23)30-7-9-32-10-8-30)16-1-6-20-22(11-16)31(15-26-20)19-13-33-14-19/h1-6,11-12,15,19H,7-10,13-14H2,(H,27,28,29). The van der Waals surface area contributed by atoms with E-state index in [-0.39, 0.29) is 0 Å². The van der Waals surface area contributed by atoms with E-state index in [0.717, 1.165) is 60.1 Å². The largest absolute Gasteiger partial charge is 0.378 e. The first-order chi connectivity index (χ1) is 16.2. The molecule has 2 aliphatic heterocycles. The van der Waals surface area contributed by atoms with E-state index in [2.05, 4.69) is 31.9 Å². The molecule has 0 spiro atoms. The zero-order valence-corrected chi connectivity index (χ0v) is 18.7. The van der Waals surface area contributed by atoms with Gasteiger partial charge < -0.3 is 24.3 Å². The van der Waals surface area contributed by atoms with Crippen LogP contribution in [0.1, 0.15) is 6.04 Å². The summed E-state index contributed by atoms with van der Waals surface area (Å²) in [4.78, 5) is 16.4. The molecule has 0 unspecified atom stereocenters. The van der Waals surface area contributed by atoms with Crippen LogP contribution in [0.25, 0.3) is 22.3 Å². The van der Waals surface area contributed by atoms with Crippen molar-refractivity contribution in [2.24, 2.45) is 0 Å². The highest BCUT2D eigenvalue weighted by Crippen LogP contribution is 2.30. The fourth-order valence-corrected chi connectivity index (χ4v) is 4.22. The number of hydrogen-bond donors (Lipinski definition) is 1. The van der Waals surface area contributed by atoms with Crippen molar-refractivity contribution in [3.63, 3.8) is 0 Å². The number of fused-ring (bicyclic) bond motifs is 1. The summed E-state index contributed by atoms with van der Waals surface area (Å²) in [6.07, 6.45) is 1.90. The molecule has 4 heterocycles. The molecule has 0 aliphatic carbocycles. The van der Waals surface area contributed by atoms with Crippen LogP contribution in [-0.2, 0) is 9.47 Å². The third kappa shape index (κ3) is 4.13. The van der Waals surface area contributed by atoms with Gasteiger partial charge in [0.2, 0.25) is 5.95 Å². The highest BCUT2D eigenvalue weighted by atomic mass is 35.5. The zero-order valence-electron chi connectivity index (χ0n) is 17.9. The first-order valence-corrected chi connectivity index (χ1v) is 11.4. The van der Waals surface area contributed by atoms with Gasteiger partial charge in [0.25, 0.3) is 0 Å². The SMILES string of the molecule is Clc1ccc(Nc2cc(-c3ccc4ncn(C5COC5)c4c3)nc(N3CCOCC3)n2)cc1. The summed E-state index contributed by atoms with van der Waals surface area (Å²) in [6, 6.07) is 16.2. The van der Waals surface area contributed by atoms with Crippen molar-refractivity contribution in [1.82, 2.24) is 19.5 Å². The molecule has 168 valence electrons. The van der Waals surface area contributed by atoms with Crippen LogP contribution in [0.5, 0.6) is 0 Å². The minimum atomic E-state index is 0.335. The van der Waals surface area contributed by atoms with E-state index in [4.69, 9.17) is 31.0 Å². The number of nitrogens with zero attached hydrogens (tertiary/aromatic N) is 5. The minimum absolute atomic E-state index is 0.335. The maximum absolute atomic E-state index is 6.05. The molecule has 2 fully saturated rings. The smallest absolute Gasteiger partial charge is 0.228 e. The number of anilines is 3. The van der Waals surface area contributed by atoms with Crippen molar-refractivity contribution in [3.8, 4) is 11.3 Å². The van der Waals surface area contributed by atoms with Gasteiger partial charge in [-0.3, -0.25) is 0 Å². The second-order valence-corrected chi connectivity index (χ2v) is 8.65. The summed E-state index contributed by atoms with van der Waals surface area (Å²) < 4.78 is 13.1. The third-order valence-corrected chi connectivity index (χ3v) is 6.26. The molecule has 2 saturated heterocycles. The molecule has 0 saturated carbocycles. The average Bonchev–Trinajstić information content (AvgIpc) is 3.23. The molecule has 1 N–H and O–H groups in total. The van der Waals surface area contributed by atoms with E-state index < -0.39 is 0 Å². The van der Waals surface area contributed by atoms with Gasteiger partial charge >= 0.3 is 0 Å². The van der Waals surface area contributed by atoms with Crippen LogP contribution in [0.3, 0.4) is 0 Å². The normalized spacial score (nSPS) is 16.7. The predicted molar refractivity (Wildman–Crippen MR) is 128 cm³/mol. The second kappa shape index (κ2) is 8.62. The summed E-state index contributed by atoms with van der Waals surface area (Å²) >= 11 is 6.05. The van der Waals surface area contributed by atoms with Gasteiger partial charge in [-0.05, 0) is 36.4 Å². The molecule has 9 heteroatoms. The van der Waals surface area contributed by atoms with E-state index in [1.165, 1.54) is 0 Å². The topological polar surface area (TPSA) is 77.3 Å². The Hall–Kier alpha value is -3.20. The van der Waals surface area contributed by atoms with Crippen LogP contribution < -0.4 is 10.2 Å². The average molecular weight is 463 g/mol. The summed E-state index contributed by atoms with van der Waals surface area (Å²) in [6.45, 7) is 4.30. The molecule has 2 aliphatic rings. The molecule has 2 aromatic heterocycles. The van der Waals surface area contributed by atoms with Crippen LogP contribution in [0.4, 0.5) is 17.5 Å². The van der Waals surface area contributed by atoms with Crippen molar-refractivity contribution in [2.75, 3.05) is 49.7 Å². The Balaban J connectivity index is 1.41. The molecule has 0 bridgehead atoms. The van der Waals surface area contributed by atoms with E-state index in [1.807, 2.05) is 42.7 Å². The monoisotopic (exact) mass is 462 g/mol. The zero-order chi connectivity index (χ0) is 22.2. The van der Waals surface area contributed by atoms with Crippen LogP contribution in [0.2, 0.25) is 5.02 Å². The van der Waals surface area contributed by atoms with Gasteiger partial charge in [0.05, 0.1) is 55.5 Å². The Morgan fingerprint density at radius 3 is 2.52 bits per heavy atom. The van der Waals surface area contributed by atoms with E-state index in [9.17, 15) is 0 Å². The Morgan fingerprint density at radius 1 is 0.939 bits per heavy atom. The van der Waals surface area contributed by atoms with E-state index in [0.29, 0.717) is 30.2 Å². The van der Waals surface area contributed by atoms with Gasteiger partial charge in [-0.25, -0.2) is 9.97 Å². The highest BCUT2D eigenvalue weighted by molar-refractivity contribution is 6.30. The molecule has 0 amide bonds. The molecule has 0 radical (unpaired) electrons. The van der Waals surface area contributed by atoms with Crippen LogP contribution >= 0.6 is 11.6 Å². The lowest BCUT2D eigenvalue weighted by molar-refractivity contribution is -0.0216. The van der Waals surface area contributed by atoms with Gasteiger partial charge in [-0.1, -0.05) is 17.7 Å². The summed E-state index contributed by atoms with van der Waals surface area (Å²) in [5, 5.41) is 4.09. The second-order valence-electron chi connectivity index (χ2n) is 8.22. The Bertz CT molecular complexity index is 1280. The van der Waals surface area contributed by atoms with Gasteiger partial charge in [-0.15, -0.1) is 0 Å². The van der Waals surface area contributed by atoms with Crippen molar-refractivity contribution < 1.29 is 9.47 Å². The number of nitrogens with one attached hydrogen (secondary N) is 1. The van der Waals surface area contributed by atoms with E-state index >= 15 is 0 Å². The number of aromatic nitrogens is 4. The lowest BCUT2D eigenvalue weighted by Crippen LogP contribution is -2.37. The molecule has 4 aromatic rings. The summed E-state index contributed by atoms with van der Waals surface area (Å²) in [5.74, 6) is 1.41. The number of hydrogen-bond acceptors (Lipinski definition) is 7. The number of morpholine rings is 1. The molecular formula is C24H23ClN6O2. The highest BCUT2D eigenvalue weighted by Gasteiger charge is 2.22. The summed E-state index contributed by atoms with van der Waals surface area (Å²) in [5.41, 5.74) is 4.82. The quantitative estimate of drug-likeness (QED) is 0.473. The Kier molecular flexibility index (Phi) is 5.33. The first-order valence-electron chi connectivity index (χ1n) is 11.0. The van der Waals surface area contributed by atoms with Crippen molar-refractivity contribution in [3.05, 3.63) is 59.9 Å². The molecule has 8 nitrogen and oxygen atoms in total. The third-order valence-electron chi connectivity index (χ3n) is 6.01. The lowest BCUT2D eigenvalue weighted by Gasteiger charge is -2.28. The molecule has 6 rings (SSSR count). The molecular weight excluding hydrogens is 440 g/mol.